The first-order valence-corrected chi connectivity index (χ1v) is 10.9. The molecular weight excluding hydrogens is 409 g/mol. The highest BCUT2D eigenvalue weighted by Gasteiger charge is 2.21. The highest BCUT2D eigenvalue weighted by Crippen LogP contribution is 2.18. The van der Waals surface area contributed by atoms with Gasteiger partial charge >= 0.3 is 0 Å². The minimum absolute atomic E-state index is 0.0777. The molecule has 9 heteroatoms. The average Bonchev–Trinajstić information content (AvgIpc) is 2.65. The van der Waals surface area contributed by atoms with E-state index in [0.29, 0.717) is 12.1 Å². The molecule has 7 nitrogen and oxygen atoms in total. The van der Waals surface area contributed by atoms with Crippen LogP contribution in [-0.2, 0) is 14.8 Å². The smallest absolute Gasteiger partial charge is 0.261 e. The molecule has 0 aliphatic heterocycles. The summed E-state index contributed by atoms with van der Waals surface area (Å²) >= 11 is 0. The van der Waals surface area contributed by atoms with E-state index in [0.717, 1.165) is 24.3 Å². The predicted molar refractivity (Wildman–Crippen MR) is 113 cm³/mol. The third-order valence-electron chi connectivity index (χ3n) is 4.03. The first-order chi connectivity index (χ1) is 13.9. The summed E-state index contributed by atoms with van der Waals surface area (Å²) in [5.74, 6) is -1.13. The molecule has 2 amide bonds. The first kappa shape index (κ1) is 23.3. The van der Waals surface area contributed by atoms with Crippen LogP contribution in [0.15, 0.2) is 53.4 Å². The monoisotopic (exact) mass is 435 g/mol. The molecule has 0 radical (unpaired) electrons. The van der Waals surface area contributed by atoms with Gasteiger partial charge in [0.2, 0.25) is 5.91 Å². The van der Waals surface area contributed by atoms with Crippen molar-refractivity contribution in [3.8, 4) is 0 Å². The Labute approximate surface area is 176 Å². The Morgan fingerprint density at radius 2 is 1.57 bits per heavy atom. The van der Waals surface area contributed by atoms with Gasteiger partial charge in [0.15, 0.2) is 0 Å². The summed E-state index contributed by atoms with van der Waals surface area (Å²) in [5, 5.41) is 2.81. The lowest BCUT2D eigenvalue weighted by Gasteiger charge is -2.25. The third kappa shape index (κ3) is 6.55. The number of likely N-dealkylation sites (N-methyl/N-ethyl adjacent to an activating group) is 1. The summed E-state index contributed by atoms with van der Waals surface area (Å²) in [4.78, 5) is 26.1. The molecule has 0 spiro atoms. The number of carbonyl (C=O) groups is 2. The van der Waals surface area contributed by atoms with Gasteiger partial charge in [0.25, 0.3) is 15.9 Å². The van der Waals surface area contributed by atoms with E-state index in [1.807, 2.05) is 20.8 Å². The van der Waals surface area contributed by atoms with Gasteiger partial charge in [-0.2, -0.15) is 0 Å². The molecule has 0 saturated carbocycles. The van der Waals surface area contributed by atoms with Gasteiger partial charge < -0.3 is 10.2 Å². The Balaban J connectivity index is 2.09. The quantitative estimate of drug-likeness (QED) is 0.699. The van der Waals surface area contributed by atoms with E-state index < -0.39 is 21.4 Å². The average molecular weight is 436 g/mol. The molecule has 2 aromatic carbocycles. The lowest BCUT2D eigenvalue weighted by atomic mass is 10.1. The SMILES string of the molecule is CCN(CC(=O)NC(C)(C)C)C(=O)c1ccc(NS(=O)(=O)c2ccc(F)cc2)cc1. The molecule has 30 heavy (non-hydrogen) atoms. The molecular formula is C21H26FN3O4S. The Kier molecular flexibility index (Phi) is 7.20. The maximum Gasteiger partial charge on any atom is 0.261 e. The van der Waals surface area contributed by atoms with E-state index >= 15 is 0 Å². The van der Waals surface area contributed by atoms with E-state index in [1.165, 1.54) is 29.2 Å². The highest BCUT2D eigenvalue weighted by atomic mass is 32.2. The maximum absolute atomic E-state index is 13.0. The van der Waals surface area contributed by atoms with Crippen molar-refractivity contribution in [2.75, 3.05) is 17.8 Å². The molecule has 0 bridgehead atoms. The summed E-state index contributed by atoms with van der Waals surface area (Å²) < 4.78 is 40.1. The van der Waals surface area contributed by atoms with E-state index in [4.69, 9.17) is 0 Å². The summed E-state index contributed by atoms with van der Waals surface area (Å²) in [6.45, 7) is 7.60. The number of halogens is 1. The normalized spacial score (nSPS) is 11.6. The Bertz CT molecular complexity index is 998. The topological polar surface area (TPSA) is 95.6 Å². The number of benzene rings is 2. The second-order valence-corrected chi connectivity index (χ2v) is 9.44. The molecule has 0 fully saturated rings. The predicted octanol–water partition coefficient (Wildman–Crippen LogP) is 3.00. The van der Waals surface area contributed by atoms with Crippen LogP contribution >= 0.6 is 0 Å². The number of sulfonamides is 1. The van der Waals surface area contributed by atoms with Gasteiger partial charge in [-0.1, -0.05) is 0 Å². The van der Waals surface area contributed by atoms with E-state index in [1.54, 1.807) is 6.92 Å². The van der Waals surface area contributed by atoms with Gasteiger partial charge in [-0.25, -0.2) is 12.8 Å². The Morgan fingerprint density at radius 1 is 1.00 bits per heavy atom. The number of amides is 2. The Hall–Kier alpha value is -2.94. The van der Waals surface area contributed by atoms with Gasteiger partial charge in [-0.05, 0) is 76.2 Å². The highest BCUT2D eigenvalue weighted by molar-refractivity contribution is 7.92. The second-order valence-electron chi connectivity index (χ2n) is 7.75. The number of rotatable bonds is 7. The van der Waals surface area contributed by atoms with Crippen LogP contribution in [0.5, 0.6) is 0 Å². The van der Waals surface area contributed by atoms with E-state index in [9.17, 15) is 22.4 Å². The minimum Gasteiger partial charge on any atom is -0.350 e. The number of nitrogens with one attached hydrogen (secondary N) is 2. The summed E-state index contributed by atoms with van der Waals surface area (Å²) in [7, 11) is -3.88. The molecule has 0 unspecified atom stereocenters. The summed E-state index contributed by atoms with van der Waals surface area (Å²) in [6.07, 6.45) is 0. The van der Waals surface area contributed by atoms with Gasteiger partial charge in [-0.3, -0.25) is 14.3 Å². The van der Waals surface area contributed by atoms with Crippen molar-refractivity contribution in [1.29, 1.82) is 0 Å². The van der Waals surface area contributed by atoms with Crippen LogP contribution in [0.1, 0.15) is 38.1 Å². The van der Waals surface area contributed by atoms with Crippen LogP contribution in [0.3, 0.4) is 0 Å². The molecule has 2 rings (SSSR count). The van der Waals surface area contributed by atoms with Crippen molar-refractivity contribution >= 4 is 27.5 Å². The molecule has 0 atom stereocenters. The van der Waals surface area contributed by atoms with Crippen molar-refractivity contribution in [3.63, 3.8) is 0 Å². The molecule has 0 aliphatic rings. The standard InChI is InChI=1S/C21H26FN3O4S/c1-5-25(14-19(26)23-21(2,3)4)20(27)15-6-10-17(11-7-15)24-30(28,29)18-12-8-16(22)9-13-18/h6-13,24H,5,14H2,1-4H3,(H,23,26). The van der Waals surface area contributed by atoms with E-state index in [2.05, 4.69) is 10.0 Å². The maximum atomic E-state index is 13.0. The van der Waals surface area contributed by atoms with Crippen LogP contribution in [-0.4, -0.2) is 43.8 Å². The molecule has 0 aliphatic carbocycles. The zero-order valence-corrected chi connectivity index (χ0v) is 18.2. The number of carbonyl (C=O) groups excluding carboxylic acids is 2. The summed E-state index contributed by atoms with van der Waals surface area (Å²) in [5.41, 5.74) is 0.178. The van der Waals surface area contributed by atoms with Crippen molar-refractivity contribution < 1.29 is 22.4 Å². The Morgan fingerprint density at radius 3 is 2.07 bits per heavy atom. The minimum atomic E-state index is -3.88. The third-order valence-corrected chi connectivity index (χ3v) is 5.42. The zero-order chi connectivity index (χ0) is 22.5. The van der Waals surface area contributed by atoms with Crippen molar-refractivity contribution in [2.45, 2.75) is 38.1 Å². The molecule has 2 aromatic rings. The van der Waals surface area contributed by atoms with Crippen molar-refractivity contribution in [3.05, 3.63) is 59.9 Å². The van der Waals surface area contributed by atoms with Crippen LogP contribution < -0.4 is 10.0 Å². The number of hydrogen-bond donors (Lipinski definition) is 2. The first-order valence-electron chi connectivity index (χ1n) is 9.40. The summed E-state index contributed by atoms with van der Waals surface area (Å²) in [6, 6.07) is 10.3. The van der Waals surface area contributed by atoms with E-state index in [-0.39, 0.29) is 28.9 Å². The number of nitrogens with zero attached hydrogens (tertiary/aromatic N) is 1. The zero-order valence-electron chi connectivity index (χ0n) is 17.4. The fourth-order valence-electron chi connectivity index (χ4n) is 2.65. The van der Waals surface area contributed by atoms with Crippen molar-refractivity contribution in [2.24, 2.45) is 0 Å². The fourth-order valence-corrected chi connectivity index (χ4v) is 3.71. The van der Waals surface area contributed by atoms with Gasteiger partial charge in [0.05, 0.1) is 11.4 Å². The molecule has 162 valence electrons. The molecule has 0 saturated heterocycles. The molecule has 0 aromatic heterocycles. The van der Waals surface area contributed by atoms with Crippen LogP contribution in [0.25, 0.3) is 0 Å². The van der Waals surface area contributed by atoms with Gasteiger partial charge in [0.1, 0.15) is 5.82 Å². The molecule has 2 N–H and O–H groups in total. The number of hydrogen-bond acceptors (Lipinski definition) is 4. The lowest BCUT2D eigenvalue weighted by Crippen LogP contribution is -2.47. The van der Waals surface area contributed by atoms with Crippen molar-refractivity contribution in [1.82, 2.24) is 10.2 Å². The number of anilines is 1. The lowest BCUT2D eigenvalue weighted by molar-refractivity contribution is -0.123. The van der Waals surface area contributed by atoms with Crippen LogP contribution in [0.2, 0.25) is 0 Å². The van der Waals surface area contributed by atoms with Crippen LogP contribution in [0.4, 0.5) is 10.1 Å². The largest absolute Gasteiger partial charge is 0.350 e. The van der Waals surface area contributed by atoms with Gasteiger partial charge in [-0.15, -0.1) is 0 Å². The van der Waals surface area contributed by atoms with Gasteiger partial charge in [0, 0.05) is 23.3 Å². The fraction of sp³-hybridized carbons (Fsp3) is 0.333. The molecule has 0 heterocycles. The van der Waals surface area contributed by atoms with Crippen LogP contribution in [0, 0.1) is 5.82 Å². The second kappa shape index (κ2) is 9.25.